The summed E-state index contributed by atoms with van der Waals surface area (Å²) in [7, 11) is 0. The van der Waals surface area contributed by atoms with Gasteiger partial charge in [-0.2, -0.15) is 0 Å². The molecule has 6 nitrogen and oxygen atoms in total. The SMILES string of the molecule is CCc1ccccc1N1CC(C(=O)N2CCN(C(=O)C(C)C)CC2)CC1=O. The molecule has 27 heavy (non-hydrogen) atoms. The third kappa shape index (κ3) is 3.99. The standard InChI is InChI=1S/C21H29N3O3/c1-4-16-7-5-6-8-18(16)24-14-17(13-19(24)25)21(27)23-11-9-22(10-12-23)20(26)15(2)3/h5-8,15,17H,4,9-14H2,1-3H3. The molecule has 1 unspecified atom stereocenters. The quantitative estimate of drug-likeness (QED) is 0.813. The Labute approximate surface area is 161 Å². The molecule has 0 N–H and O–H groups in total. The van der Waals surface area contributed by atoms with Crippen LogP contribution in [-0.4, -0.2) is 60.2 Å². The van der Waals surface area contributed by atoms with Gasteiger partial charge in [-0.25, -0.2) is 0 Å². The largest absolute Gasteiger partial charge is 0.339 e. The van der Waals surface area contributed by atoms with Crippen LogP contribution >= 0.6 is 0 Å². The number of para-hydroxylation sites is 1. The molecule has 0 aromatic heterocycles. The summed E-state index contributed by atoms with van der Waals surface area (Å²) in [5.41, 5.74) is 2.05. The summed E-state index contributed by atoms with van der Waals surface area (Å²) in [5.74, 6) is -0.124. The molecule has 2 saturated heterocycles. The third-order valence-corrected chi connectivity index (χ3v) is 5.53. The van der Waals surface area contributed by atoms with E-state index in [0.717, 1.165) is 17.7 Å². The normalized spacial score (nSPS) is 20.5. The van der Waals surface area contributed by atoms with Crippen molar-refractivity contribution in [2.45, 2.75) is 33.6 Å². The van der Waals surface area contributed by atoms with E-state index in [4.69, 9.17) is 0 Å². The third-order valence-electron chi connectivity index (χ3n) is 5.53. The molecule has 2 fully saturated rings. The van der Waals surface area contributed by atoms with Gasteiger partial charge in [0.2, 0.25) is 17.7 Å². The molecule has 1 aromatic rings. The van der Waals surface area contributed by atoms with Gasteiger partial charge in [-0.05, 0) is 18.1 Å². The van der Waals surface area contributed by atoms with Crippen LogP contribution in [0.5, 0.6) is 0 Å². The number of anilines is 1. The van der Waals surface area contributed by atoms with Crippen LogP contribution in [0.3, 0.4) is 0 Å². The molecule has 0 radical (unpaired) electrons. The van der Waals surface area contributed by atoms with E-state index in [1.54, 1.807) is 4.90 Å². The van der Waals surface area contributed by atoms with Crippen LogP contribution in [-0.2, 0) is 20.8 Å². The zero-order chi connectivity index (χ0) is 19.6. The van der Waals surface area contributed by atoms with Gasteiger partial charge in [0.15, 0.2) is 0 Å². The maximum Gasteiger partial charge on any atom is 0.228 e. The van der Waals surface area contributed by atoms with E-state index in [0.29, 0.717) is 32.7 Å². The van der Waals surface area contributed by atoms with Gasteiger partial charge < -0.3 is 14.7 Å². The highest BCUT2D eigenvalue weighted by molar-refractivity contribution is 6.00. The van der Waals surface area contributed by atoms with Crippen molar-refractivity contribution in [1.82, 2.24) is 9.80 Å². The molecule has 2 aliphatic rings. The first-order chi connectivity index (χ1) is 12.9. The lowest BCUT2D eigenvalue weighted by molar-refractivity contribution is -0.143. The average Bonchev–Trinajstić information content (AvgIpc) is 3.08. The van der Waals surface area contributed by atoms with Gasteiger partial charge in [-0.3, -0.25) is 14.4 Å². The van der Waals surface area contributed by atoms with Crippen LogP contribution in [0, 0.1) is 11.8 Å². The fourth-order valence-electron chi connectivity index (χ4n) is 3.95. The van der Waals surface area contributed by atoms with Crippen molar-refractivity contribution in [3.63, 3.8) is 0 Å². The van der Waals surface area contributed by atoms with E-state index >= 15 is 0 Å². The topological polar surface area (TPSA) is 60.9 Å². The summed E-state index contributed by atoms with van der Waals surface area (Å²) in [5, 5.41) is 0. The summed E-state index contributed by atoms with van der Waals surface area (Å²) >= 11 is 0. The predicted octanol–water partition coefficient (Wildman–Crippen LogP) is 1.93. The predicted molar refractivity (Wildman–Crippen MR) is 104 cm³/mol. The highest BCUT2D eigenvalue weighted by atomic mass is 16.2. The maximum atomic E-state index is 12.9. The lowest BCUT2D eigenvalue weighted by Crippen LogP contribution is -2.53. The summed E-state index contributed by atoms with van der Waals surface area (Å²) in [6.07, 6.45) is 1.12. The first kappa shape index (κ1) is 19.4. The summed E-state index contributed by atoms with van der Waals surface area (Å²) in [4.78, 5) is 43.0. The molecule has 2 aliphatic heterocycles. The minimum atomic E-state index is -0.297. The number of aryl methyl sites for hydroxylation is 1. The molecular weight excluding hydrogens is 342 g/mol. The van der Waals surface area contributed by atoms with Crippen molar-refractivity contribution in [3.05, 3.63) is 29.8 Å². The maximum absolute atomic E-state index is 12.9. The fourth-order valence-corrected chi connectivity index (χ4v) is 3.95. The zero-order valence-electron chi connectivity index (χ0n) is 16.5. The number of rotatable bonds is 4. The van der Waals surface area contributed by atoms with Gasteiger partial charge in [0.25, 0.3) is 0 Å². The molecule has 6 heteroatoms. The molecule has 146 valence electrons. The van der Waals surface area contributed by atoms with E-state index < -0.39 is 0 Å². The van der Waals surface area contributed by atoms with Gasteiger partial charge in [0, 0.05) is 50.7 Å². The fraction of sp³-hybridized carbons (Fsp3) is 0.571. The number of benzene rings is 1. The van der Waals surface area contributed by atoms with Crippen LogP contribution in [0.4, 0.5) is 5.69 Å². The van der Waals surface area contributed by atoms with E-state index in [9.17, 15) is 14.4 Å². The minimum absolute atomic E-state index is 0.0165. The minimum Gasteiger partial charge on any atom is -0.339 e. The van der Waals surface area contributed by atoms with Crippen LogP contribution in [0.1, 0.15) is 32.8 Å². The summed E-state index contributed by atoms with van der Waals surface area (Å²) < 4.78 is 0. The molecule has 0 spiro atoms. The molecule has 2 heterocycles. The number of carbonyl (C=O) groups is 3. The van der Waals surface area contributed by atoms with Crippen molar-refractivity contribution >= 4 is 23.4 Å². The van der Waals surface area contributed by atoms with Gasteiger partial charge in [0.05, 0.1) is 5.92 Å². The first-order valence-corrected chi connectivity index (χ1v) is 9.88. The number of nitrogens with zero attached hydrogens (tertiary/aromatic N) is 3. The molecule has 0 saturated carbocycles. The Balaban J connectivity index is 1.62. The smallest absolute Gasteiger partial charge is 0.228 e. The highest BCUT2D eigenvalue weighted by Crippen LogP contribution is 2.29. The molecule has 3 rings (SSSR count). The Bertz CT molecular complexity index is 723. The molecule has 0 bridgehead atoms. The Morgan fingerprint density at radius 1 is 1.07 bits per heavy atom. The van der Waals surface area contributed by atoms with E-state index in [1.165, 1.54) is 0 Å². The zero-order valence-corrected chi connectivity index (χ0v) is 16.5. The summed E-state index contributed by atoms with van der Waals surface area (Å²) in [6, 6.07) is 7.90. The van der Waals surface area contributed by atoms with E-state index in [2.05, 4.69) is 6.92 Å². The second-order valence-electron chi connectivity index (χ2n) is 7.69. The first-order valence-electron chi connectivity index (χ1n) is 9.88. The van der Waals surface area contributed by atoms with E-state index in [-0.39, 0.29) is 36.0 Å². The van der Waals surface area contributed by atoms with Crippen LogP contribution in [0.25, 0.3) is 0 Å². The molecule has 1 atom stereocenters. The van der Waals surface area contributed by atoms with Crippen LogP contribution in [0.15, 0.2) is 24.3 Å². The Morgan fingerprint density at radius 2 is 1.70 bits per heavy atom. The number of amides is 3. The number of piperazine rings is 1. The molecular formula is C21H29N3O3. The highest BCUT2D eigenvalue weighted by Gasteiger charge is 2.38. The lowest BCUT2D eigenvalue weighted by atomic mass is 10.1. The van der Waals surface area contributed by atoms with Gasteiger partial charge in [0.1, 0.15) is 0 Å². The Kier molecular flexibility index (Phi) is 5.82. The van der Waals surface area contributed by atoms with Gasteiger partial charge >= 0.3 is 0 Å². The van der Waals surface area contributed by atoms with Crippen molar-refractivity contribution in [3.8, 4) is 0 Å². The summed E-state index contributed by atoms with van der Waals surface area (Å²) in [6.45, 7) is 8.55. The molecule has 3 amide bonds. The monoisotopic (exact) mass is 371 g/mol. The van der Waals surface area contributed by atoms with Crippen LogP contribution in [0.2, 0.25) is 0 Å². The van der Waals surface area contributed by atoms with Crippen molar-refractivity contribution in [2.24, 2.45) is 11.8 Å². The second-order valence-corrected chi connectivity index (χ2v) is 7.69. The van der Waals surface area contributed by atoms with Gasteiger partial charge in [-0.1, -0.05) is 39.0 Å². The van der Waals surface area contributed by atoms with Gasteiger partial charge in [-0.15, -0.1) is 0 Å². The Hall–Kier alpha value is -2.37. The Morgan fingerprint density at radius 3 is 2.33 bits per heavy atom. The van der Waals surface area contributed by atoms with Crippen LogP contribution < -0.4 is 4.90 Å². The molecule has 1 aromatic carbocycles. The number of carbonyl (C=O) groups excluding carboxylic acids is 3. The average molecular weight is 371 g/mol. The lowest BCUT2D eigenvalue weighted by Gasteiger charge is -2.36. The van der Waals surface area contributed by atoms with Crippen molar-refractivity contribution in [2.75, 3.05) is 37.6 Å². The number of hydrogen-bond acceptors (Lipinski definition) is 3. The second kappa shape index (κ2) is 8.11. The van der Waals surface area contributed by atoms with Crippen molar-refractivity contribution in [1.29, 1.82) is 0 Å². The molecule has 0 aliphatic carbocycles. The van der Waals surface area contributed by atoms with E-state index in [1.807, 2.05) is 47.9 Å². The van der Waals surface area contributed by atoms with Crippen molar-refractivity contribution < 1.29 is 14.4 Å². The number of hydrogen-bond donors (Lipinski definition) is 0.